The maximum atomic E-state index is 12.7. The Bertz CT molecular complexity index is 921. The SMILES string of the molecule is CC1(C(=O)Nc2ccc3c(c2)C(=O)NC3)Cc2ccccc2C(=O)O1. The van der Waals surface area contributed by atoms with E-state index in [4.69, 9.17) is 4.74 Å². The van der Waals surface area contributed by atoms with Crippen LogP contribution in [0.3, 0.4) is 0 Å². The number of esters is 1. The first-order valence-electron chi connectivity index (χ1n) is 8.00. The molecule has 0 spiro atoms. The highest BCUT2D eigenvalue weighted by Gasteiger charge is 2.42. The molecule has 1 unspecified atom stereocenters. The minimum atomic E-state index is -1.30. The Balaban J connectivity index is 1.58. The summed E-state index contributed by atoms with van der Waals surface area (Å²) in [4.78, 5) is 36.7. The van der Waals surface area contributed by atoms with Crippen LogP contribution >= 0.6 is 0 Å². The number of ether oxygens (including phenoxy) is 1. The molecule has 0 fully saturated rings. The second-order valence-electron chi connectivity index (χ2n) is 6.46. The van der Waals surface area contributed by atoms with Crippen molar-refractivity contribution in [3.05, 3.63) is 64.7 Å². The molecule has 2 aromatic rings. The third-order valence-corrected chi connectivity index (χ3v) is 4.62. The van der Waals surface area contributed by atoms with E-state index in [0.29, 0.717) is 29.8 Å². The fraction of sp³-hybridized carbons (Fsp3) is 0.211. The molecule has 0 saturated heterocycles. The molecule has 2 heterocycles. The predicted molar refractivity (Wildman–Crippen MR) is 90.2 cm³/mol. The molecule has 2 aliphatic rings. The molecule has 0 saturated carbocycles. The highest BCUT2D eigenvalue weighted by atomic mass is 16.6. The van der Waals surface area contributed by atoms with Gasteiger partial charge in [-0.15, -0.1) is 0 Å². The van der Waals surface area contributed by atoms with E-state index >= 15 is 0 Å². The second-order valence-corrected chi connectivity index (χ2v) is 6.46. The smallest absolute Gasteiger partial charge is 0.339 e. The van der Waals surface area contributed by atoms with Crippen molar-refractivity contribution >= 4 is 23.5 Å². The van der Waals surface area contributed by atoms with Gasteiger partial charge in [-0.25, -0.2) is 4.79 Å². The largest absolute Gasteiger partial charge is 0.445 e. The zero-order chi connectivity index (χ0) is 17.6. The molecule has 1 atom stereocenters. The third kappa shape index (κ3) is 2.55. The number of carbonyl (C=O) groups is 3. The number of cyclic esters (lactones) is 1. The van der Waals surface area contributed by atoms with Gasteiger partial charge in [0.05, 0.1) is 5.56 Å². The van der Waals surface area contributed by atoms with E-state index in [9.17, 15) is 14.4 Å². The van der Waals surface area contributed by atoms with Crippen LogP contribution < -0.4 is 10.6 Å². The van der Waals surface area contributed by atoms with Gasteiger partial charge in [0.1, 0.15) is 0 Å². The molecule has 0 aliphatic carbocycles. The summed E-state index contributed by atoms with van der Waals surface area (Å²) in [5, 5.41) is 5.49. The molecule has 0 bridgehead atoms. The van der Waals surface area contributed by atoms with Crippen LogP contribution in [0, 0.1) is 0 Å². The van der Waals surface area contributed by atoms with E-state index in [2.05, 4.69) is 10.6 Å². The Labute approximate surface area is 144 Å². The lowest BCUT2D eigenvalue weighted by Gasteiger charge is -2.33. The topological polar surface area (TPSA) is 84.5 Å². The van der Waals surface area contributed by atoms with E-state index < -0.39 is 17.5 Å². The van der Waals surface area contributed by atoms with Gasteiger partial charge in [0.2, 0.25) is 0 Å². The first kappa shape index (κ1) is 15.4. The zero-order valence-corrected chi connectivity index (χ0v) is 13.6. The third-order valence-electron chi connectivity index (χ3n) is 4.62. The van der Waals surface area contributed by atoms with Crippen LogP contribution in [-0.4, -0.2) is 23.4 Å². The lowest BCUT2D eigenvalue weighted by molar-refractivity contribution is -0.134. The summed E-state index contributed by atoms with van der Waals surface area (Å²) in [5.41, 5.74) is 1.91. The van der Waals surface area contributed by atoms with Gasteiger partial charge in [0, 0.05) is 24.2 Å². The van der Waals surface area contributed by atoms with Gasteiger partial charge in [-0.1, -0.05) is 24.3 Å². The Morgan fingerprint density at radius 1 is 1.12 bits per heavy atom. The second kappa shape index (κ2) is 5.44. The van der Waals surface area contributed by atoms with Gasteiger partial charge in [-0.2, -0.15) is 0 Å². The summed E-state index contributed by atoms with van der Waals surface area (Å²) in [6, 6.07) is 12.3. The standard InChI is InChI=1S/C19H16N2O4/c1-19(9-11-4-2-3-5-14(11)17(23)25-19)18(24)21-13-7-6-12-10-20-16(22)15(12)8-13/h2-8H,9-10H2,1H3,(H,20,22)(H,21,24). The molecular weight excluding hydrogens is 320 g/mol. The van der Waals surface area contributed by atoms with Crippen molar-refractivity contribution in [2.75, 3.05) is 5.32 Å². The van der Waals surface area contributed by atoms with E-state index in [0.717, 1.165) is 11.1 Å². The monoisotopic (exact) mass is 336 g/mol. The lowest BCUT2D eigenvalue weighted by atomic mass is 9.89. The quantitative estimate of drug-likeness (QED) is 0.822. The van der Waals surface area contributed by atoms with Gasteiger partial charge in [0.15, 0.2) is 5.60 Å². The highest BCUT2D eigenvalue weighted by molar-refractivity contribution is 6.04. The highest BCUT2D eigenvalue weighted by Crippen LogP contribution is 2.29. The Morgan fingerprint density at radius 2 is 1.92 bits per heavy atom. The molecule has 2 amide bonds. The summed E-state index contributed by atoms with van der Waals surface area (Å²) in [6.07, 6.45) is 0.298. The number of rotatable bonds is 2. The zero-order valence-electron chi connectivity index (χ0n) is 13.6. The molecule has 6 nitrogen and oxygen atoms in total. The molecule has 0 radical (unpaired) electrons. The van der Waals surface area contributed by atoms with Crippen molar-refractivity contribution in [3.8, 4) is 0 Å². The molecule has 25 heavy (non-hydrogen) atoms. The Morgan fingerprint density at radius 3 is 2.76 bits per heavy atom. The van der Waals surface area contributed by atoms with Crippen molar-refractivity contribution in [3.63, 3.8) is 0 Å². The number of fused-ring (bicyclic) bond motifs is 2. The van der Waals surface area contributed by atoms with Gasteiger partial charge >= 0.3 is 5.97 Å². The van der Waals surface area contributed by atoms with E-state index in [-0.39, 0.29) is 5.91 Å². The van der Waals surface area contributed by atoms with Crippen LogP contribution in [0.1, 0.15) is 38.8 Å². The maximum Gasteiger partial charge on any atom is 0.339 e. The number of carbonyl (C=O) groups excluding carboxylic acids is 3. The first-order chi connectivity index (χ1) is 12.0. The average Bonchev–Trinajstić information content (AvgIpc) is 2.95. The fourth-order valence-corrected chi connectivity index (χ4v) is 3.21. The van der Waals surface area contributed by atoms with Gasteiger partial charge in [-0.3, -0.25) is 9.59 Å². The van der Waals surface area contributed by atoms with Crippen molar-refractivity contribution < 1.29 is 19.1 Å². The van der Waals surface area contributed by atoms with Crippen LogP contribution in [0.2, 0.25) is 0 Å². The summed E-state index contributed by atoms with van der Waals surface area (Å²) < 4.78 is 5.42. The number of hydrogen-bond donors (Lipinski definition) is 2. The van der Waals surface area contributed by atoms with Gasteiger partial charge in [0.25, 0.3) is 11.8 Å². The van der Waals surface area contributed by atoms with Crippen LogP contribution in [0.4, 0.5) is 5.69 Å². The molecule has 2 N–H and O–H groups in total. The first-order valence-corrected chi connectivity index (χ1v) is 8.00. The number of benzene rings is 2. The van der Waals surface area contributed by atoms with Crippen LogP contribution in [0.15, 0.2) is 42.5 Å². The van der Waals surface area contributed by atoms with E-state index in [1.54, 1.807) is 37.3 Å². The Kier molecular flexibility index (Phi) is 3.35. The molecule has 0 aromatic heterocycles. The number of hydrogen-bond acceptors (Lipinski definition) is 4. The van der Waals surface area contributed by atoms with Crippen molar-refractivity contribution in [1.82, 2.24) is 5.32 Å². The predicted octanol–water partition coefficient (Wildman–Crippen LogP) is 2.04. The van der Waals surface area contributed by atoms with Crippen molar-refractivity contribution in [2.45, 2.75) is 25.5 Å². The number of anilines is 1. The molecule has 2 aliphatic heterocycles. The van der Waals surface area contributed by atoms with E-state index in [1.807, 2.05) is 12.1 Å². The van der Waals surface area contributed by atoms with Gasteiger partial charge in [-0.05, 0) is 36.2 Å². The van der Waals surface area contributed by atoms with Crippen molar-refractivity contribution in [2.24, 2.45) is 0 Å². The number of amides is 2. The minimum Gasteiger partial charge on any atom is -0.445 e. The molecular formula is C19H16N2O4. The van der Waals surface area contributed by atoms with E-state index in [1.165, 1.54) is 0 Å². The molecule has 126 valence electrons. The summed E-state index contributed by atoms with van der Waals surface area (Å²) >= 11 is 0. The molecule has 6 heteroatoms. The van der Waals surface area contributed by atoms with Crippen molar-refractivity contribution in [1.29, 1.82) is 0 Å². The summed E-state index contributed by atoms with van der Waals surface area (Å²) in [7, 11) is 0. The average molecular weight is 336 g/mol. The summed E-state index contributed by atoms with van der Waals surface area (Å²) in [6.45, 7) is 2.09. The summed E-state index contributed by atoms with van der Waals surface area (Å²) in [5.74, 6) is -1.09. The van der Waals surface area contributed by atoms with Crippen LogP contribution in [0.25, 0.3) is 0 Å². The van der Waals surface area contributed by atoms with Crippen LogP contribution in [-0.2, 0) is 22.5 Å². The molecule has 2 aromatic carbocycles. The molecule has 4 rings (SSSR count). The fourth-order valence-electron chi connectivity index (χ4n) is 3.21. The maximum absolute atomic E-state index is 12.7. The minimum absolute atomic E-state index is 0.157. The van der Waals surface area contributed by atoms with Crippen LogP contribution in [0.5, 0.6) is 0 Å². The normalized spacial score (nSPS) is 21.0. The lowest BCUT2D eigenvalue weighted by Crippen LogP contribution is -2.48. The van der Waals surface area contributed by atoms with Gasteiger partial charge < -0.3 is 15.4 Å². The number of nitrogens with one attached hydrogen (secondary N) is 2. The Hall–Kier alpha value is -3.15.